The summed E-state index contributed by atoms with van der Waals surface area (Å²) >= 11 is 1.23. The van der Waals surface area contributed by atoms with Crippen LogP contribution in [0, 0.1) is 11.3 Å². The highest BCUT2D eigenvalue weighted by atomic mass is 32.1. The van der Waals surface area contributed by atoms with Gasteiger partial charge in [0.1, 0.15) is 11.8 Å². The smallest absolute Gasteiger partial charge is 0.355 e. The summed E-state index contributed by atoms with van der Waals surface area (Å²) in [7, 11) is 0. The van der Waals surface area contributed by atoms with E-state index in [9.17, 15) is 9.59 Å². The Kier molecular flexibility index (Phi) is 5.87. The second kappa shape index (κ2) is 8.08. The number of nitrogens with zero attached hydrogens (tertiary/aromatic N) is 2. The van der Waals surface area contributed by atoms with E-state index in [2.05, 4.69) is 10.3 Å². The lowest BCUT2D eigenvalue weighted by Crippen LogP contribution is -2.37. The number of amides is 1. The molecule has 0 aliphatic rings. The molecule has 0 spiro atoms. The van der Waals surface area contributed by atoms with E-state index in [0.717, 1.165) is 0 Å². The normalized spacial score (nSPS) is 11.3. The van der Waals surface area contributed by atoms with E-state index < -0.39 is 12.1 Å². The number of carbonyl (C=O) groups excluding carboxylic acids is 1. The highest BCUT2D eigenvalue weighted by molar-refractivity contribution is 7.09. The number of rotatable bonds is 7. The second-order valence-corrected chi connectivity index (χ2v) is 5.78. The molecule has 0 fully saturated rings. The maximum atomic E-state index is 12.0. The number of carbonyl (C=O) groups is 2. The van der Waals surface area contributed by atoms with Crippen LogP contribution in [0.3, 0.4) is 0 Å². The number of thiazole rings is 1. The van der Waals surface area contributed by atoms with Crippen LogP contribution in [-0.4, -0.2) is 34.6 Å². The van der Waals surface area contributed by atoms with Crippen molar-refractivity contribution in [1.29, 1.82) is 5.26 Å². The summed E-state index contributed by atoms with van der Waals surface area (Å²) < 4.78 is 5.51. The van der Waals surface area contributed by atoms with Gasteiger partial charge in [-0.25, -0.2) is 9.78 Å². The molecule has 0 radical (unpaired) electrons. The molecular formula is C16H15N3O4S. The minimum Gasteiger partial charge on any atom is -0.480 e. The number of aromatic carboxylic acids is 1. The minimum atomic E-state index is -1.07. The Bertz CT molecular complexity index is 782. The van der Waals surface area contributed by atoms with E-state index in [1.54, 1.807) is 31.2 Å². The van der Waals surface area contributed by atoms with Crippen LogP contribution in [0.1, 0.15) is 28.0 Å². The molecule has 8 heteroatoms. The van der Waals surface area contributed by atoms with E-state index in [4.69, 9.17) is 15.1 Å². The monoisotopic (exact) mass is 345 g/mol. The number of carboxylic acid groups (broad SMARTS) is 1. The lowest BCUT2D eigenvalue weighted by Gasteiger charge is -2.15. The van der Waals surface area contributed by atoms with Crippen LogP contribution in [0.25, 0.3) is 0 Å². The van der Waals surface area contributed by atoms with E-state index in [0.29, 0.717) is 29.3 Å². The van der Waals surface area contributed by atoms with Crippen molar-refractivity contribution in [2.45, 2.75) is 19.4 Å². The van der Waals surface area contributed by atoms with Crippen LogP contribution in [0.4, 0.5) is 0 Å². The van der Waals surface area contributed by atoms with Gasteiger partial charge in [-0.05, 0) is 19.1 Å². The Morgan fingerprint density at radius 1 is 1.46 bits per heavy atom. The number of ether oxygens (including phenoxy) is 1. The van der Waals surface area contributed by atoms with Gasteiger partial charge in [0.05, 0.1) is 10.6 Å². The van der Waals surface area contributed by atoms with E-state index in [-0.39, 0.29) is 11.6 Å². The number of para-hydroxylation sites is 1. The topological polar surface area (TPSA) is 112 Å². The van der Waals surface area contributed by atoms with Crippen LogP contribution >= 0.6 is 11.3 Å². The molecule has 1 aromatic heterocycles. The van der Waals surface area contributed by atoms with Crippen molar-refractivity contribution in [1.82, 2.24) is 10.3 Å². The van der Waals surface area contributed by atoms with Gasteiger partial charge in [-0.3, -0.25) is 4.79 Å². The third-order valence-electron chi connectivity index (χ3n) is 3.09. The molecule has 0 bridgehead atoms. The van der Waals surface area contributed by atoms with Gasteiger partial charge in [0.15, 0.2) is 11.8 Å². The quantitative estimate of drug-likeness (QED) is 0.792. The van der Waals surface area contributed by atoms with Gasteiger partial charge >= 0.3 is 5.97 Å². The highest BCUT2D eigenvalue weighted by Crippen LogP contribution is 2.18. The fourth-order valence-corrected chi connectivity index (χ4v) is 2.64. The molecule has 1 aromatic carbocycles. The van der Waals surface area contributed by atoms with Gasteiger partial charge in [-0.2, -0.15) is 5.26 Å². The molecule has 2 rings (SSSR count). The number of nitrogens with one attached hydrogen (secondary N) is 1. The number of aromatic nitrogens is 1. The maximum Gasteiger partial charge on any atom is 0.355 e. The van der Waals surface area contributed by atoms with Gasteiger partial charge in [-0.15, -0.1) is 11.3 Å². The Morgan fingerprint density at radius 2 is 2.21 bits per heavy atom. The zero-order valence-electron chi connectivity index (χ0n) is 12.9. The highest BCUT2D eigenvalue weighted by Gasteiger charge is 2.16. The molecule has 0 aliphatic carbocycles. The van der Waals surface area contributed by atoms with Gasteiger partial charge in [0, 0.05) is 18.3 Å². The first-order valence-corrected chi connectivity index (χ1v) is 8.00. The van der Waals surface area contributed by atoms with Crippen molar-refractivity contribution >= 4 is 23.2 Å². The van der Waals surface area contributed by atoms with Gasteiger partial charge in [-0.1, -0.05) is 12.1 Å². The lowest BCUT2D eigenvalue weighted by atomic mass is 10.2. The standard InChI is InChI=1S/C16H15N3O4S/c1-10(23-13-5-3-2-4-11(13)8-17)15(20)18-7-6-14-19-12(9-24-14)16(21)22/h2-5,9-10H,6-7H2,1H3,(H,18,20)(H,21,22). The molecule has 0 aliphatic heterocycles. The van der Waals surface area contributed by atoms with Crippen molar-refractivity contribution in [2.75, 3.05) is 6.54 Å². The van der Waals surface area contributed by atoms with Gasteiger partial charge in [0.2, 0.25) is 0 Å². The molecular weight excluding hydrogens is 330 g/mol. The SMILES string of the molecule is CC(Oc1ccccc1C#N)C(=O)NCCc1nc(C(=O)O)cs1. The number of benzene rings is 1. The summed E-state index contributed by atoms with van der Waals surface area (Å²) in [5, 5.41) is 22.6. The van der Waals surface area contributed by atoms with E-state index in [1.165, 1.54) is 16.7 Å². The Labute approximate surface area is 142 Å². The number of hydrogen-bond acceptors (Lipinski definition) is 6. The lowest BCUT2D eigenvalue weighted by molar-refractivity contribution is -0.127. The zero-order chi connectivity index (χ0) is 17.5. The molecule has 0 saturated carbocycles. The van der Waals surface area contributed by atoms with Crippen LogP contribution in [0.5, 0.6) is 5.75 Å². The summed E-state index contributed by atoms with van der Waals surface area (Å²) in [6.07, 6.45) is -0.323. The first kappa shape index (κ1) is 17.4. The summed E-state index contributed by atoms with van der Waals surface area (Å²) in [5.74, 6) is -1.04. The summed E-state index contributed by atoms with van der Waals surface area (Å²) in [5.41, 5.74) is 0.368. The molecule has 7 nitrogen and oxygen atoms in total. The molecule has 1 heterocycles. The van der Waals surface area contributed by atoms with Crippen molar-refractivity contribution in [3.8, 4) is 11.8 Å². The maximum absolute atomic E-state index is 12.0. The Morgan fingerprint density at radius 3 is 2.88 bits per heavy atom. The molecule has 24 heavy (non-hydrogen) atoms. The fourth-order valence-electron chi connectivity index (χ4n) is 1.87. The number of carboxylic acids is 1. The van der Waals surface area contributed by atoms with Crippen LogP contribution in [0.2, 0.25) is 0 Å². The van der Waals surface area contributed by atoms with Crippen LogP contribution < -0.4 is 10.1 Å². The number of nitriles is 1. The average Bonchev–Trinajstić information content (AvgIpc) is 3.04. The molecule has 1 atom stereocenters. The molecule has 0 saturated heterocycles. The molecule has 1 unspecified atom stereocenters. The average molecular weight is 345 g/mol. The van der Waals surface area contributed by atoms with Crippen molar-refractivity contribution in [3.05, 3.63) is 45.9 Å². The minimum absolute atomic E-state index is 0.00568. The predicted octanol–water partition coefficient (Wildman–Crippen LogP) is 1.84. The predicted molar refractivity (Wildman–Crippen MR) is 87.0 cm³/mol. The molecule has 1 amide bonds. The second-order valence-electron chi connectivity index (χ2n) is 4.84. The molecule has 2 aromatic rings. The van der Waals surface area contributed by atoms with Crippen LogP contribution in [-0.2, 0) is 11.2 Å². The summed E-state index contributed by atoms with van der Waals surface area (Å²) in [6, 6.07) is 8.69. The first-order valence-electron chi connectivity index (χ1n) is 7.12. The number of hydrogen-bond donors (Lipinski definition) is 2. The largest absolute Gasteiger partial charge is 0.480 e. The van der Waals surface area contributed by atoms with Crippen molar-refractivity contribution < 1.29 is 19.4 Å². The van der Waals surface area contributed by atoms with Gasteiger partial charge in [0.25, 0.3) is 5.91 Å². The first-order chi connectivity index (χ1) is 11.5. The van der Waals surface area contributed by atoms with E-state index >= 15 is 0 Å². The third kappa shape index (κ3) is 4.54. The van der Waals surface area contributed by atoms with Crippen molar-refractivity contribution in [3.63, 3.8) is 0 Å². The molecule has 124 valence electrons. The fraction of sp³-hybridized carbons (Fsp3) is 0.250. The van der Waals surface area contributed by atoms with Crippen molar-refractivity contribution in [2.24, 2.45) is 0 Å². The van der Waals surface area contributed by atoms with Crippen LogP contribution in [0.15, 0.2) is 29.6 Å². The Balaban J connectivity index is 1.83. The summed E-state index contributed by atoms with van der Waals surface area (Å²) in [4.78, 5) is 26.7. The molecule has 2 N–H and O–H groups in total. The Hall–Kier alpha value is -2.92. The zero-order valence-corrected chi connectivity index (χ0v) is 13.7. The van der Waals surface area contributed by atoms with E-state index in [1.807, 2.05) is 6.07 Å². The summed E-state index contributed by atoms with van der Waals surface area (Å²) in [6.45, 7) is 1.91. The third-order valence-corrected chi connectivity index (χ3v) is 4.00. The van der Waals surface area contributed by atoms with Gasteiger partial charge < -0.3 is 15.2 Å².